The van der Waals surface area contributed by atoms with E-state index in [2.05, 4.69) is 19.7 Å². The molecule has 1 N–H and O–H groups in total. The third-order valence-electron chi connectivity index (χ3n) is 5.87. The molecule has 1 atom stereocenters. The van der Waals surface area contributed by atoms with Gasteiger partial charge in [0, 0.05) is 24.7 Å². The van der Waals surface area contributed by atoms with Crippen molar-refractivity contribution in [3.8, 4) is 22.8 Å². The largest absolute Gasteiger partial charge is 0.424 e. The monoisotopic (exact) mass is 507 g/mol. The lowest BCUT2D eigenvalue weighted by molar-refractivity contribution is -0.252. The highest BCUT2D eigenvalue weighted by Crippen LogP contribution is 2.35. The topological polar surface area (TPSA) is 84.9 Å². The van der Waals surface area contributed by atoms with Crippen molar-refractivity contribution in [1.29, 1.82) is 0 Å². The number of carbonyl (C=O) groups excluding carboxylic acids is 1. The number of aryl methyl sites for hydroxylation is 1. The summed E-state index contributed by atoms with van der Waals surface area (Å²) in [4.78, 5) is 35.6. The predicted molar refractivity (Wildman–Crippen MR) is 127 cm³/mol. The second-order valence-electron chi connectivity index (χ2n) is 8.58. The maximum atomic E-state index is 13.3. The first-order valence-electron chi connectivity index (χ1n) is 10.9. The van der Waals surface area contributed by atoms with Crippen LogP contribution < -0.4 is 5.69 Å². The number of halogens is 4. The van der Waals surface area contributed by atoms with Crippen LogP contribution in [0.1, 0.15) is 44.2 Å². The Kier molecular flexibility index (Phi) is 7.81. The number of methoxy groups -OCH3 is 1. The number of H-pyrrole nitrogens is 1. The summed E-state index contributed by atoms with van der Waals surface area (Å²) in [7, 11) is 0.853. The molecule has 0 aliphatic heterocycles. The molecule has 0 saturated heterocycles. The zero-order valence-electron chi connectivity index (χ0n) is 19.7. The standard InChI is InChI=1S/C25H25ClF3N3O3/c1-14(2)16-6-5-7-17(13-16)21-30-22(32-23(34)31-21)18-12-15(8-10-19(18)26)9-11-20(33)24(3,35-4)25(27,28)29/h5-8,10,12-14H,9,11H2,1-4H3,(H,30,31,32,34)/t24-/m1/s1. The molecule has 0 unspecified atom stereocenters. The molecular weight excluding hydrogens is 483 g/mol. The van der Waals surface area contributed by atoms with Crippen molar-refractivity contribution in [2.75, 3.05) is 7.11 Å². The van der Waals surface area contributed by atoms with Gasteiger partial charge in [-0.25, -0.2) is 9.78 Å². The van der Waals surface area contributed by atoms with Crippen molar-refractivity contribution >= 4 is 17.4 Å². The fourth-order valence-electron chi connectivity index (χ4n) is 3.47. The van der Waals surface area contributed by atoms with Crippen LogP contribution in [0.2, 0.25) is 5.02 Å². The molecule has 2 aromatic carbocycles. The minimum atomic E-state index is -4.84. The summed E-state index contributed by atoms with van der Waals surface area (Å²) >= 11 is 6.35. The van der Waals surface area contributed by atoms with E-state index in [-0.39, 0.29) is 29.0 Å². The van der Waals surface area contributed by atoms with Gasteiger partial charge in [-0.3, -0.25) is 9.78 Å². The fraction of sp³-hybridized carbons (Fsp3) is 0.360. The number of hydrogen-bond donors (Lipinski definition) is 1. The molecule has 0 aliphatic carbocycles. The number of ketones is 1. The molecule has 1 aromatic heterocycles. The van der Waals surface area contributed by atoms with E-state index in [0.29, 0.717) is 23.6 Å². The molecule has 0 bridgehead atoms. The third-order valence-corrected chi connectivity index (χ3v) is 6.20. The molecule has 6 nitrogen and oxygen atoms in total. The number of rotatable bonds is 8. The van der Waals surface area contributed by atoms with Crippen molar-refractivity contribution in [1.82, 2.24) is 15.0 Å². The summed E-state index contributed by atoms with van der Waals surface area (Å²) < 4.78 is 44.4. The van der Waals surface area contributed by atoms with Gasteiger partial charge in [-0.05, 0) is 48.6 Å². The number of nitrogens with one attached hydrogen (secondary N) is 1. The Morgan fingerprint density at radius 1 is 1.14 bits per heavy atom. The Labute approximate surface area is 205 Å². The van der Waals surface area contributed by atoms with Gasteiger partial charge < -0.3 is 4.74 Å². The minimum absolute atomic E-state index is 0.0106. The minimum Gasteiger partial charge on any atom is -0.362 e. The number of aromatic nitrogens is 3. The normalized spacial score (nSPS) is 13.6. The molecule has 3 aromatic rings. The molecule has 0 aliphatic rings. The lowest BCUT2D eigenvalue weighted by Gasteiger charge is -2.29. The maximum Gasteiger partial charge on any atom is 0.424 e. The summed E-state index contributed by atoms with van der Waals surface area (Å²) in [6.07, 6.45) is -5.23. The second-order valence-corrected chi connectivity index (χ2v) is 8.99. The van der Waals surface area contributed by atoms with Gasteiger partial charge in [0.15, 0.2) is 11.6 Å². The van der Waals surface area contributed by atoms with Crippen LogP contribution in [0.25, 0.3) is 22.8 Å². The van der Waals surface area contributed by atoms with Gasteiger partial charge in [-0.2, -0.15) is 18.2 Å². The van der Waals surface area contributed by atoms with Crippen LogP contribution in [0.3, 0.4) is 0 Å². The molecule has 0 amide bonds. The lowest BCUT2D eigenvalue weighted by atomic mass is 9.94. The summed E-state index contributed by atoms with van der Waals surface area (Å²) in [5.41, 5.74) is -0.895. The van der Waals surface area contributed by atoms with Gasteiger partial charge in [0.05, 0.1) is 5.02 Å². The van der Waals surface area contributed by atoms with Crippen molar-refractivity contribution in [2.45, 2.75) is 51.3 Å². The molecule has 1 heterocycles. The summed E-state index contributed by atoms with van der Waals surface area (Å²) in [5.74, 6) is -0.455. The summed E-state index contributed by atoms with van der Waals surface area (Å²) in [6, 6.07) is 12.2. The van der Waals surface area contributed by atoms with Gasteiger partial charge in [0.25, 0.3) is 0 Å². The zero-order valence-corrected chi connectivity index (χ0v) is 20.4. The van der Waals surface area contributed by atoms with E-state index in [9.17, 15) is 22.8 Å². The Balaban J connectivity index is 1.93. The maximum absolute atomic E-state index is 13.3. The quantitative estimate of drug-likeness (QED) is 0.420. The van der Waals surface area contributed by atoms with Gasteiger partial charge in [-0.15, -0.1) is 0 Å². The van der Waals surface area contributed by atoms with Gasteiger partial charge in [0.2, 0.25) is 5.60 Å². The highest BCUT2D eigenvalue weighted by Gasteiger charge is 2.56. The van der Waals surface area contributed by atoms with Crippen LogP contribution in [0.5, 0.6) is 0 Å². The first kappa shape index (κ1) is 26.6. The average molecular weight is 508 g/mol. The smallest absolute Gasteiger partial charge is 0.362 e. The van der Waals surface area contributed by atoms with Gasteiger partial charge >= 0.3 is 11.9 Å². The van der Waals surface area contributed by atoms with Crippen LogP contribution in [0.4, 0.5) is 13.2 Å². The van der Waals surface area contributed by atoms with E-state index in [1.165, 1.54) is 6.07 Å². The van der Waals surface area contributed by atoms with Crippen LogP contribution >= 0.6 is 11.6 Å². The van der Waals surface area contributed by atoms with E-state index >= 15 is 0 Å². The van der Waals surface area contributed by atoms with Gasteiger partial charge in [0.1, 0.15) is 5.82 Å². The summed E-state index contributed by atoms with van der Waals surface area (Å²) in [6.45, 7) is 4.80. The molecule has 0 spiro atoms. The van der Waals surface area contributed by atoms with Crippen molar-refractivity contribution in [3.05, 3.63) is 69.1 Å². The number of carbonyl (C=O) groups is 1. The molecule has 0 saturated carbocycles. The number of Topliss-reactive ketones (excluding diaryl/α,β-unsaturated/α-hetero) is 1. The molecule has 3 rings (SSSR count). The predicted octanol–water partition coefficient (Wildman–Crippen LogP) is 5.74. The molecule has 186 valence electrons. The van der Waals surface area contributed by atoms with Crippen molar-refractivity contribution < 1.29 is 22.7 Å². The molecule has 10 heteroatoms. The fourth-order valence-corrected chi connectivity index (χ4v) is 3.68. The van der Waals surface area contributed by atoms with Crippen LogP contribution in [-0.4, -0.2) is 39.6 Å². The number of hydrogen-bond acceptors (Lipinski definition) is 5. The van der Waals surface area contributed by atoms with Crippen LogP contribution in [0.15, 0.2) is 47.3 Å². The first-order valence-corrected chi connectivity index (χ1v) is 11.3. The second kappa shape index (κ2) is 10.3. The third kappa shape index (κ3) is 5.79. The number of aromatic amines is 1. The van der Waals surface area contributed by atoms with E-state index in [1.807, 2.05) is 32.0 Å². The lowest BCUT2D eigenvalue weighted by Crippen LogP contribution is -2.51. The number of ether oxygens (including phenoxy) is 1. The Morgan fingerprint density at radius 3 is 2.49 bits per heavy atom. The Hall–Kier alpha value is -3.04. The summed E-state index contributed by atoms with van der Waals surface area (Å²) in [5, 5.41) is 0.272. The first-order chi connectivity index (χ1) is 16.4. The highest BCUT2D eigenvalue weighted by molar-refractivity contribution is 6.33. The number of nitrogens with zero attached hydrogens (tertiary/aromatic N) is 2. The van der Waals surface area contributed by atoms with E-state index in [1.54, 1.807) is 18.2 Å². The number of benzene rings is 2. The zero-order chi connectivity index (χ0) is 26.0. The molecule has 0 fully saturated rings. The van der Waals surface area contributed by atoms with Crippen molar-refractivity contribution in [3.63, 3.8) is 0 Å². The SMILES string of the molecule is CO[C@](C)(C(=O)CCc1ccc(Cl)c(-c2nc(-c3cccc(C(C)C)c3)nc(=O)[nH]2)c1)C(F)(F)F. The molecule has 35 heavy (non-hydrogen) atoms. The highest BCUT2D eigenvalue weighted by atomic mass is 35.5. The molecular formula is C25H25ClF3N3O3. The molecule has 0 radical (unpaired) electrons. The number of alkyl halides is 3. The van der Waals surface area contributed by atoms with E-state index in [4.69, 9.17) is 11.6 Å². The van der Waals surface area contributed by atoms with E-state index in [0.717, 1.165) is 12.7 Å². The van der Waals surface area contributed by atoms with Crippen LogP contribution in [-0.2, 0) is 16.0 Å². The van der Waals surface area contributed by atoms with Gasteiger partial charge in [-0.1, -0.05) is 49.7 Å². The Bertz CT molecular complexity index is 1290. The van der Waals surface area contributed by atoms with Crippen molar-refractivity contribution in [2.24, 2.45) is 0 Å². The van der Waals surface area contributed by atoms with E-state index < -0.39 is 29.7 Å². The Morgan fingerprint density at radius 2 is 1.86 bits per heavy atom. The van der Waals surface area contributed by atoms with Crippen LogP contribution in [0, 0.1) is 0 Å². The average Bonchev–Trinajstić information content (AvgIpc) is 2.81.